The number of rotatable bonds is 5. The quantitative estimate of drug-likeness (QED) is 0.610. The number of piperazine rings is 1. The fourth-order valence-electron chi connectivity index (χ4n) is 8.44. The first-order chi connectivity index (χ1) is 19.0. The van der Waals surface area contributed by atoms with Gasteiger partial charge < -0.3 is 19.9 Å². The van der Waals surface area contributed by atoms with Gasteiger partial charge in [0, 0.05) is 56.4 Å². The van der Waals surface area contributed by atoms with Crippen molar-refractivity contribution >= 4 is 11.5 Å². The molecule has 2 unspecified atom stereocenters. The molecule has 1 aromatic heterocycles. The molecule has 210 valence electrons. The van der Waals surface area contributed by atoms with E-state index in [0.717, 1.165) is 48.8 Å². The van der Waals surface area contributed by atoms with Crippen molar-refractivity contribution in [3.05, 3.63) is 40.6 Å². The summed E-state index contributed by atoms with van der Waals surface area (Å²) in [5, 5.41) is 3.74. The second-order valence-electron chi connectivity index (χ2n) is 12.7. The van der Waals surface area contributed by atoms with Crippen LogP contribution in [0, 0.1) is 0 Å². The molecule has 1 aromatic carbocycles. The van der Waals surface area contributed by atoms with Crippen LogP contribution in [0.25, 0.3) is 0 Å². The van der Waals surface area contributed by atoms with Crippen LogP contribution in [0.3, 0.4) is 0 Å². The van der Waals surface area contributed by atoms with E-state index in [1.54, 1.807) is 12.1 Å². The molecule has 4 saturated heterocycles. The fraction of sp³-hybridized carbons (Fsp3) is 0.667. The van der Waals surface area contributed by atoms with Crippen LogP contribution >= 0.6 is 0 Å². The monoisotopic (exact) mass is 538 g/mol. The summed E-state index contributed by atoms with van der Waals surface area (Å²) in [7, 11) is 0. The summed E-state index contributed by atoms with van der Waals surface area (Å²) in [6.45, 7) is 6.27. The number of benzene rings is 1. The van der Waals surface area contributed by atoms with Crippen LogP contribution < -0.4 is 19.9 Å². The highest BCUT2D eigenvalue weighted by Crippen LogP contribution is 2.46. The molecule has 2 bridgehead atoms. The summed E-state index contributed by atoms with van der Waals surface area (Å²) >= 11 is 0. The fourth-order valence-corrected chi connectivity index (χ4v) is 8.44. The first-order valence-corrected chi connectivity index (χ1v) is 15.0. The molecule has 5 aliphatic heterocycles. The van der Waals surface area contributed by atoms with Gasteiger partial charge in [-0.05, 0) is 76.1 Å². The Morgan fingerprint density at radius 2 is 1.74 bits per heavy atom. The van der Waals surface area contributed by atoms with E-state index >= 15 is 0 Å². The summed E-state index contributed by atoms with van der Waals surface area (Å²) in [5.41, 5.74) is 4.27. The van der Waals surface area contributed by atoms with Gasteiger partial charge in [-0.25, -0.2) is 8.78 Å². The highest BCUT2D eigenvalue weighted by Gasteiger charge is 2.45. The number of hydrogen-bond donors (Lipinski definition) is 1. The zero-order valence-corrected chi connectivity index (χ0v) is 22.6. The standard InChI is InChI=1S/C30H38F2N6O.H2/c31-30(32)12-8-22-24(30)4-1-5-26(22)36-15-9-23-25(18-36)34-28(39-19-29-10-2-13-38(29)14-3-11-29)35-27(23)37-16-20-6-7-21(17-37)33-20;/h1,4-5,20-21,33H,2-3,6-19H2;1H. The minimum atomic E-state index is -2.73. The number of alkyl halides is 2. The van der Waals surface area contributed by atoms with Crippen LogP contribution in [-0.4, -0.2) is 71.8 Å². The summed E-state index contributed by atoms with van der Waals surface area (Å²) < 4.78 is 35.6. The second kappa shape index (κ2) is 8.99. The van der Waals surface area contributed by atoms with Gasteiger partial charge in [-0.1, -0.05) is 12.1 Å². The summed E-state index contributed by atoms with van der Waals surface area (Å²) in [6.07, 6.45) is 8.40. The molecule has 8 rings (SSSR count). The molecule has 1 N–H and O–H groups in total. The zero-order chi connectivity index (χ0) is 26.2. The maximum atomic E-state index is 14.5. The Bertz CT molecular complexity index is 1270. The van der Waals surface area contributed by atoms with Crippen LogP contribution in [0.2, 0.25) is 0 Å². The Morgan fingerprint density at radius 3 is 2.54 bits per heavy atom. The topological polar surface area (TPSA) is 56.8 Å². The molecule has 9 heteroatoms. The Kier molecular flexibility index (Phi) is 5.60. The van der Waals surface area contributed by atoms with Crippen molar-refractivity contribution < 1.29 is 14.9 Å². The molecule has 6 heterocycles. The van der Waals surface area contributed by atoms with Crippen LogP contribution in [-0.2, 0) is 25.3 Å². The van der Waals surface area contributed by atoms with Gasteiger partial charge in [-0.2, -0.15) is 9.97 Å². The maximum Gasteiger partial charge on any atom is 0.318 e. The van der Waals surface area contributed by atoms with Gasteiger partial charge in [0.25, 0.3) is 5.92 Å². The summed E-state index contributed by atoms with van der Waals surface area (Å²) in [6, 6.07) is 6.90. The predicted octanol–water partition coefficient (Wildman–Crippen LogP) is 4.27. The zero-order valence-electron chi connectivity index (χ0n) is 22.6. The third-order valence-electron chi connectivity index (χ3n) is 10.4. The lowest BCUT2D eigenvalue weighted by Crippen LogP contribution is -2.52. The number of hydrogen-bond acceptors (Lipinski definition) is 7. The first kappa shape index (κ1) is 24.3. The average molecular weight is 539 g/mol. The second-order valence-corrected chi connectivity index (χ2v) is 12.7. The minimum Gasteiger partial charge on any atom is -0.461 e. The van der Waals surface area contributed by atoms with Crippen molar-refractivity contribution in [3.8, 4) is 6.01 Å². The van der Waals surface area contributed by atoms with Crippen molar-refractivity contribution in [2.24, 2.45) is 0 Å². The Labute approximate surface area is 230 Å². The Morgan fingerprint density at radius 1 is 0.949 bits per heavy atom. The largest absolute Gasteiger partial charge is 0.461 e. The third kappa shape index (κ3) is 4.02. The number of nitrogens with one attached hydrogen (secondary N) is 1. The van der Waals surface area contributed by atoms with E-state index in [1.807, 2.05) is 6.07 Å². The van der Waals surface area contributed by atoms with Gasteiger partial charge in [0.1, 0.15) is 12.4 Å². The van der Waals surface area contributed by atoms with Crippen LogP contribution in [0.5, 0.6) is 6.01 Å². The maximum absolute atomic E-state index is 14.5. The molecule has 2 aromatic rings. The summed E-state index contributed by atoms with van der Waals surface area (Å²) in [4.78, 5) is 17.4. The lowest BCUT2D eigenvalue weighted by Gasteiger charge is -2.38. The number of aromatic nitrogens is 2. The summed E-state index contributed by atoms with van der Waals surface area (Å²) in [5.74, 6) is -1.70. The molecular formula is C30H40F2N6O. The lowest BCUT2D eigenvalue weighted by atomic mass is 9.95. The molecule has 2 atom stereocenters. The minimum absolute atomic E-state index is 0. The van der Waals surface area contributed by atoms with Crippen molar-refractivity contribution in [2.45, 2.75) is 87.9 Å². The lowest BCUT2D eigenvalue weighted by molar-refractivity contribution is -0.00183. The highest BCUT2D eigenvalue weighted by molar-refractivity contribution is 5.62. The average Bonchev–Trinajstić information content (AvgIpc) is 3.69. The van der Waals surface area contributed by atoms with Crippen molar-refractivity contribution in [1.29, 1.82) is 0 Å². The molecule has 6 aliphatic rings. The number of anilines is 2. The normalized spacial score (nSPS) is 28.5. The first-order valence-electron chi connectivity index (χ1n) is 15.0. The van der Waals surface area contributed by atoms with Crippen molar-refractivity contribution in [3.63, 3.8) is 0 Å². The van der Waals surface area contributed by atoms with Crippen molar-refractivity contribution in [2.75, 3.05) is 49.1 Å². The molecule has 7 nitrogen and oxygen atoms in total. The highest BCUT2D eigenvalue weighted by atomic mass is 19.3. The van der Waals surface area contributed by atoms with Gasteiger partial charge in [0.05, 0.1) is 17.8 Å². The third-order valence-corrected chi connectivity index (χ3v) is 10.4. The number of nitrogens with zero attached hydrogens (tertiary/aromatic N) is 5. The number of fused-ring (bicyclic) bond motifs is 5. The SMILES string of the molecule is FC1(F)CCc2c(N3CCc4c(nc(OCC56CCCN5CCC6)nc4N4CC5CCC(C4)N5)C3)cccc21.[HH]. The number of ether oxygens (including phenoxy) is 1. The van der Waals surface area contributed by atoms with E-state index in [1.165, 1.54) is 57.2 Å². The predicted molar refractivity (Wildman–Crippen MR) is 148 cm³/mol. The molecular weight excluding hydrogens is 498 g/mol. The van der Waals surface area contributed by atoms with Crippen LogP contribution in [0.1, 0.15) is 68.8 Å². The molecule has 0 amide bonds. The van der Waals surface area contributed by atoms with Gasteiger partial charge in [0.2, 0.25) is 0 Å². The molecule has 4 fully saturated rings. The molecule has 39 heavy (non-hydrogen) atoms. The molecule has 0 saturated carbocycles. The smallest absolute Gasteiger partial charge is 0.318 e. The van der Waals surface area contributed by atoms with Gasteiger partial charge in [-0.15, -0.1) is 0 Å². The Balaban J connectivity index is 0.00000264. The molecule has 0 radical (unpaired) electrons. The van der Waals surface area contributed by atoms with E-state index < -0.39 is 5.92 Å². The van der Waals surface area contributed by atoms with Gasteiger partial charge in [-0.3, -0.25) is 4.90 Å². The molecule has 0 spiro atoms. The van der Waals surface area contributed by atoms with E-state index in [2.05, 4.69) is 20.0 Å². The van der Waals surface area contributed by atoms with Gasteiger partial charge in [0.15, 0.2) is 0 Å². The van der Waals surface area contributed by atoms with Crippen molar-refractivity contribution in [1.82, 2.24) is 20.2 Å². The van der Waals surface area contributed by atoms with E-state index in [9.17, 15) is 8.78 Å². The van der Waals surface area contributed by atoms with Gasteiger partial charge >= 0.3 is 6.01 Å². The van der Waals surface area contributed by atoms with E-state index in [-0.39, 0.29) is 18.9 Å². The van der Waals surface area contributed by atoms with Crippen LogP contribution in [0.4, 0.5) is 20.3 Å². The molecule has 1 aliphatic carbocycles. The Hall–Kier alpha value is -2.52. The number of halogens is 2. The van der Waals surface area contributed by atoms with E-state index in [0.29, 0.717) is 37.7 Å². The van der Waals surface area contributed by atoms with Crippen LogP contribution in [0.15, 0.2) is 18.2 Å². The van der Waals surface area contributed by atoms with E-state index in [4.69, 9.17) is 14.7 Å².